The number of hydrogen-bond donors (Lipinski definition) is 2. The minimum atomic E-state index is -0.209. The standard InChI is InChI=1S/C13H15FN4/c1-8-3-4-10(5-12(8)14)9(2)18-13-16-6-11(15)7-17-13/h3-7,9H,15H2,1-2H3,(H,16,17,18). The summed E-state index contributed by atoms with van der Waals surface area (Å²) in [6.45, 7) is 3.66. The Hall–Kier alpha value is -2.17. The zero-order valence-electron chi connectivity index (χ0n) is 10.3. The van der Waals surface area contributed by atoms with Crippen LogP contribution in [0.25, 0.3) is 0 Å². The first kappa shape index (κ1) is 12.3. The molecule has 1 aromatic carbocycles. The number of nitrogens with one attached hydrogen (secondary N) is 1. The van der Waals surface area contributed by atoms with Crippen molar-refractivity contribution < 1.29 is 4.39 Å². The minimum Gasteiger partial charge on any atom is -0.396 e. The predicted molar refractivity (Wildman–Crippen MR) is 69.6 cm³/mol. The number of aromatic nitrogens is 2. The number of hydrogen-bond acceptors (Lipinski definition) is 4. The molecule has 0 amide bonds. The van der Waals surface area contributed by atoms with Crippen LogP contribution in [-0.2, 0) is 0 Å². The number of nitrogens with zero attached hydrogens (tertiary/aromatic N) is 2. The molecule has 5 heteroatoms. The Morgan fingerprint density at radius 3 is 2.56 bits per heavy atom. The fourth-order valence-electron chi connectivity index (χ4n) is 1.57. The zero-order valence-corrected chi connectivity index (χ0v) is 10.3. The first-order valence-corrected chi connectivity index (χ1v) is 5.66. The van der Waals surface area contributed by atoms with Crippen molar-refractivity contribution in [3.8, 4) is 0 Å². The highest BCUT2D eigenvalue weighted by atomic mass is 19.1. The molecule has 0 fully saturated rings. The molecule has 2 rings (SSSR count). The molecule has 0 aliphatic rings. The number of rotatable bonds is 3. The normalized spacial score (nSPS) is 12.2. The molecule has 3 N–H and O–H groups in total. The Balaban J connectivity index is 2.13. The van der Waals surface area contributed by atoms with E-state index in [0.29, 0.717) is 17.2 Å². The molecule has 0 bridgehead atoms. The van der Waals surface area contributed by atoms with Crippen LogP contribution in [0, 0.1) is 12.7 Å². The van der Waals surface area contributed by atoms with Crippen molar-refractivity contribution >= 4 is 11.6 Å². The summed E-state index contributed by atoms with van der Waals surface area (Å²) in [5, 5.41) is 3.09. The predicted octanol–water partition coefficient (Wildman–Crippen LogP) is 2.68. The average molecular weight is 246 g/mol. The van der Waals surface area contributed by atoms with Crippen LogP contribution in [0.15, 0.2) is 30.6 Å². The molecular formula is C13H15FN4. The molecule has 0 saturated carbocycles. The van der Waals surface area contributed by atoms with Crippen molar-refractivity contribution in [1.29, 1.82) is 0 Å². The van der Waals surface area contributed by atoms with Gasteiger partial charge in [-0.15, -0.1) is 0 Å². The fraction of sp³-hybridized carbons (Fsp3) is 0.231. The molecule has 2 aromatic rings. The SMILES string of the molecule is Cc1ccc(C(C)Nc2ncc(N)cn2)cc1F. The van der Waals surface area contributed by atoms with Gasteiger partial charge in [-0.3, -0.25) is 0 Å². The van der Waals surface area contributed by atoms with E-state index >= 15 is 0 Å². The van der Waals surface area contributed by atoms with Gasteiger partial charge in [-0.2, -0.15) is 0 Å². The van der Waals surface area contributed by atoms with E-state index in [1.165, 1.54) is 18.5 Å². The zero-order chi connectivity index (χ0) is 13.1. The maximum absolute atomic E-state index is 13.5. The van der Waals surface area contributed by atoms with Crippen LogP contribution in [0.3, 0.4) is 0 Å². The summed E-state index contributed by atoms with van der Waals surface area (Å²) in [5.74, 6) is 0.261. The molecule has 0 radical (unpaired) electrons. The molecule has 0 saturated heterocycles. The monoisotopic (exact) mass is 246 g/mol. The van der Waals surface area contributed by atoms with Crippen LogP contribution in [0.2, 0.25) is 0 Å². The van der Waals surface area contributed by atoms with Crippen molar-refractivity contribution in [3.63, 3.8) is 0 Å². The lowest BCUT2D eigenvalue weighted by molar-refractivity contribution is 0.614. The second-order valence-electron chi connectivity index (χ2n) is 4.21. The van der Waals surface area contributed by atoms with E-state index in [2.05, 4.69) is 15.3 Å². The number of nitrogen functional groups attached to an aromatic ring is 1. The maximum atomic E-state index is 13.5. The van der Waals surface area contributed by atoms with Gasteiger partial charge in [-0.25, -0.2) is 14.4 Å². The topological polar surface area (TPSA) is 63.8 Å². The van der Waals surface area contributed by atoms with Crippen LogP contribution in [0.4, 0.5) is 16.0 Å². The molecule has 1 atom stereocenters. The third kappa shape index (κ3) is 2.74. The second kappa shape index (κ2) is 5.00. The molecule has 18 heavy (non-hydrogen) atoms. The summed E-state index contributed by atoms with van der Waals surface area (Å²) < 4.78 is 13.5. The van der Waals surface area contributed by atoms with Gasteiger partial charge in [-0.1, -0.05) is 12.1 Å². The Morgan fingerprint density at radius 1 is 1.28 bits per heavy atom. The second-order valence-corrected chi connectivity index (χ2v) is 4.21. The molecule has 1 heterocycles. The molecular weight excluding hydrogens is 231 g/mol. The smallest absolute Gasteiger partial charge is 0.223 e. The third-order valence-corrected chi connectivity index (χ3v) is 2.71. The van der Waals surface area contributed by atoms with Crippen molar-refractivity contribution in [2.24, 2.45) is 0 Å². The molecule has 0 spiro atoms. The lowest BCUT2D eigenvalue weighted by Gasteiger charge is -2.14. The van der Waals surface area contributed by atoms with Crippen molar-refractivity contribution in [1.82, 2.24) is 9.97 Å². The highest BCUT2D eigenvalue weighted by Gasteiger charge is 2.08. The summed E-state index contributed by atoms with van der Waals surface area (Å²) >= 11 is 0. The number of benzene rings is 1. The van der Waals surface area contributed by atoms with Gasteiger partial charge in [-0.05, 0) is 31.0 Å². The summed E-state index contributed by atoms with van der Waals surface area (Å²) in [6, 6.07) is 5.08. The number of anilines is 2. The first-order valence-electron chi connectivity index (χ1n) is 5.66. The van der Waals surface area contributed by atoms with Gasteiger partial charge in [0.15, 0.2) is 0 Å². The van der Waals surface area contributed by atoms with Crippen LogP contribution in [0.1, 0.15) is 24.1 Å². The molecule has 0 aliphatic heterocycles. The summed E-state index contributed by atoms with van der Waals surface area (Å²) in [6.07, 6.45) is 3.05. The van der Waals surface area contributed by atoms with Gasteiger partial charge in [0, 0.05) is 0 Å². The van der Waals surface area contributed by atoms with Crippen LogP contribution in [0.5, 0.6) is 0 Å². The Labute approximate surface area is 105 Å². The van der Waals surface area contributed by atoms with E-state index in [0.717, 1.165) is 5.56 Å². The van der Waals surface area contributed by atoms with Crippen molar-refractivity contribution in [2.45, 2.75) is 19.9 Å². The van der Waals surface area contributed by atoms with E-state index in [4.69, 9.17) is 5.73 Å². The van der Waals surface area contributed by atoms with E-state index in [9.17, 15) is 4.39 Å². The van der Waals surface area contributed by atoms with E-state index in [1.807, 2.05) is 13.0 Å². The van der Waals surface area contributed by atoms with Crippen LogP contribution >= 0.6 is 0 Å². The maximum Gasteiger partial charge on any atom is 0.223 e. The summed E-state index contributed by atoms with van der Waals surface area (Å²) in [5.41, 5.74) is 7.49. The van der Waals surface area contributed by atoms with Gasteiger partial charge >= 0.3 is 0 Å². The van der Waals surface area contributed by atoms with E-state index < -0.39 is 0 Å². The van der Waals surface area contributed by atoms with Gasteiger partial charge < -0.3 is 11.1 Å². The highest BCUT2D eigenvalue weighted by molar-refractivity contribution is 5.38. The van der Waals surface area contributed by atoms with Crippen LogP contribution in [-0.4, -0.2) is 9.97 Å². The van der Waals surface area contributed by atoms with Crippen molar-refractivity contribution in [2.75, 3.05) is 11.1 Å². The summed E-state index contributed by atoms with van der Waals surface area (Å²) in [4.78, 5) is 8.09. The quantitative estimate of drug-likeness (QED) is 0.874. The van der Waals surface area contributed by atoms with Gasteiger partial charge in [0.25, 0.3) is 0 Å². The lowest BCUT2D eigenvalue weighted by Crippen LogP contribution is -2.10. The van der Waals surface area contributed by atoms with Gasteiger partial charge in [0.05, 0.1) is 24.1 Å². The first-order chi connectivity index (χ1) is 8.56. The third-order valence-electron chi connectivity index (χ3n) is 2.71. The van der Waals surface area contributed by atoms with Crippen LogP contribution < -0.4 is 11.1 Å². The van der Waals surface area contributed by atoms with Gasteiger partial charge in [0.2, 0.25) is 5.95 Å². The van der Waals surface area contributed by atoms with Crippen molar-refractivity contribution in [3.05, 3.63) is 47.5 Å². The Bertz CT molecular complexity index is 539. The Morgan fingerprint density at radius 2 is 1.94 bits per heavy atom. The number of aryl methyl sites for hydroxylation is 1. The highest BCUT2D eigenvalue weighted by Crippen LogP contribution is 2.19. The molecule has 94 valence electrons. The number of nitrogens with two attached hydrogens (primary N) is 1. The average Bonchev–Trinajstić information content (AvgIpc) is 2.35. The number of halogens is 1. The lowest BCUT2D eigenvalue weighted by atomic mass is 10.1. The fourth-order valence-corrected chi connectivity index (χ4v) is 1.57. The van der Waals surface area contributed by atoms with Gasteiger partial charge in [0.1, 0.15) is 5.82 Å². The van der Waals surface area contributed by atoms with E-state index in [1.54, 1.807) is 13.0 Å². The molecule has 1 unspecified atom stereocenters. The molecule has 4 nitrogen and oxygen atoms in total. The minimum absolute atomic E-state index is 0.0799. The molecule has 0 aliphatic carbocycles. The largest absolute Gasteiger partial charge is 0.396 e. The molecule has 1 aromatic heterocycles. The van der Waals surface area contributed by atoms with E-state index in [-0.39, 0.29) is 11.9 Å². The Kier molecular flexibility index (Phi) is 3.41. The summed E-state index contributed by atoms with van der Waals surface area (Å²) in [7, 11) is 0.